The van der Waals surface area contributed by atoms with Crippen LogP contribution in [0.25, 0.3) is 22.2 Å². The molecule has 1 aliphatic heterocycles. The van der Waals surface area contributed by atoms with Crippen LogP contribution in [0.15, 0.2) is 78.0 Å². The lowest BCUT2D eigenvalue weighted by molar-refractivity contribution is 0.0700. The van der Waals surface area contributed by atoms with E-state index in [1.165, 1.54) is 4.31 Å². The lowest BCUT2D eigenvalue weighted by Crippen LogP contribution is -2.50. The second kappa shape index (κ2) is 9.20. The van der Waals surface area contributed by atoms with Crippen LogP contribution in [0.3, 0.4) is 0 Å². The molecule has 0 spiro atoms. The highest BCUT2D eigenvalue weighted by molar-refractivity contribution is 7.89. The number of aromatic nitrogens is 2. The number of pyridine rings is 2. The summed E-state index contributed by atoms with van der Waals surface area (Å²) in [4.78, 5) is 24.6. The second-order valence-electron chi connectivity index (χ2n) is 8.78. The Hall–Kier alpha value is -3.62. The predicted octanol–water partition coefficient (Wildman–Crippen LogP) is 4.06. The number of piperazine rings is 1. The van der Waals surface area contributed by atoms with Crippen LogP contribution in [0.4, 0.5) is 0 Å². The van der Waals surface area contributed by atoms with E-state index in [0.717, 1.165) is 27.6 Å². The summed E-state index contributed by atoms with van der Waals surface area (Å²) in [6.45, 7) is 4.90. The van der Waals surface area contributed by atoms with Crippen LogP contribution in [0.1, 0.15) is 21.5 Å². The lowest BCUT2D eigenvalue weighted by atomic mass is 10.0. The van der Waals surface area contributed by atoms with E-state index >= 15 is 0 Å². The van der Waals surface area contributed by atoms with Gasteiger partial charge in [-0.25, -0.2) is 13.4 Å². The van der Waals surface area contributed by atoms with Gasteiger partial charge in [0.15, 0.2) is 0 Å². The van der Waals surface area contributed by atoms with Crippen LogP contribution in [0.2, 0.25) is 0 Å². The molecule has 0 N–H and O–H groups in total. The summed E-state index contributed by atoms with van der Waals surface area (Å²) >= 11 is 0. The van der Waals surface area contributed by atoms with Gasteiger partial charge in [0.1, 0.15) is 0 Å². The predicted molar refractivity (Wildman–Crippen MR) is 136 cm³/mol. The highest BCUT2D eigenvalue weighted by Crippen LogP contribution is 2.27. The number of aryl methyl sites for hydroxylation is 2. The number of para-hydroxylation sites is 1. The topological polar surface area (TPSA) is 83.5 Å². The molecule has 7 nitrogen and oxygen atoms in total. The largest absolute Gasteiger partial charge is 0.336 e. The van der Waals surface area contributed by atoms with Gasteiger partial charge in [0.05, 0.1) is 21.7 Å². The Labute approximate surface area is 205 Å². The molecule has 4 aromatic rings. The molecule has 1 amide bonds. The first-order valence-electron chi connectivity index (χ1n) is 11.5. The average molecular weight is 487 g/mol. The monoisotopic (exact) mass is 486 g/mol. The van der Waals surface area contributed by atoms with E-state index in [1.54, 1.807) is 29.4 Å². The van der Waals surface area contributed by atoms with Crippen molar-refractivity contribution in [2.45, 2.75) is 18.7 Å². The molecule has 0 aliphatic carbocycles. The van der Waals surface area contributed by atoms with Gasteiger partial charge >= 0.3 is 0 Å². The van der Waals surface area contributed by atoms with Gasteiger partial charge in [-0.3, -0.25) is 9.78 Å². The fourth-order valence-corrected chi connectivity index (χ4v) is 6.17. The quantitative estimate of drug-likeness (QED) is 0.434. The number of rotatable bonds is 4. The zero-order valence-corrected chi connectivity index (χ0v) is 20.5. The second-order valence-corrected chi connectivity index (χ2v) is 10.7. The number of amides is 1. The van der Waals surface area contributed by atoms with E-state index in [4.69, 9.17) is 4.98 Å². The highest BCUT2D eigenvalue weighted by Gasteiger charge is 2.32. The Morgan fingerprint density at radius 3 is 2.40 bits per heavy atom. The molecule has 178 valence electrons. The molecule has 2 aromatic heterocycles. The molecule has 5 rings (SSSR count). The molecule has 0 bridgehead atoms. The normalized spacial score (nSPS) is 14.9. The van der Waals surface area contributed by atoms with Crippen molar-refractivity contribution in [2.24, 2.45) is 0 Å². The smallest absolute Gasteiger partial charge is 0.254 e. The Balaban J connectivity index is 1.41. The number of nitrogens with zero attached hydrogens (tertiary/aromatic N) is 4. The van der Waals surface area contributed by atoms with Gasteiger partial charge in [-0.1, -0.05) is 35.9 Å². The minimum atomic E-state index is -3.62. The summed E-state index contributed by atoms with van der Waals surface area (Å²) in [5.74, 6) is -0.127. The molecule has 1 fully saturated rings. The Bertz CT molecular complexity index is 1510. The van der Waals surface area contributed by atoms with E-state index in [9.17, 15) is 13.2 Å². The molecule has 1 aliphatic rings. The van der Waals surface area contributed by atoms with Crippen molar-refractivity contribution >= 4 is 26.8 Å². The molecule has 35 heavy (non-hydrogen) atoms. The molecule has 2 aromatic carbocycles. The van der Waals surface area contributed by atoms with E-state index in [-0.39, 0.29) is 19.0 Å². The van der Waals surface area contributed by atoms with Gasteiger partial charge in [-0.2, -0.15) is 4.31 Å². The fourth-order valence-electron chi connectivity index (χ4n) is 4.54. The van der Waals surface area contributed by atoms with Gasteiger partial charge in [0, 0.05) is 49.5 Å². The minimum Gasteiger partial charge on any atom is -0.336 e. The zero-order valence-electron chi connectivity index (χ0n) is 19.7. The standard InChI is InChI=1S/C27H26N4O3S/c1-19-9-10-26(20(2)16-19)35(33,34)31-14-12-30(13-15-31)27(32)23-17-25(21-6-5-11-28-18-21)29-24-8-4-3-7-22(23)24/h3-11,16-18H,12-15H2,1-2H3. The number of carbonyl (C=O) groups excluding carboxylic acids is 1. The maximum Gasteiger partial charge on any atom is 0.254 e. The number of fused-ring (bicyclic) bond motifs is 1. The highest BCUT2D eigenvalue weighted by atomic mass is 32.2. The molecule has 0 radical (unpaired) electrons. The van der Waals surface area contributed by atoms with Gasteiger partial charge < -0.3 is 4.90 Å². The summed E-state index contributed by atoms with van der Waals surface area (Å²) in [6, 6.07) is 18.5. The molecule has 8 heteroatoms. The van der Waals surface area contributed by atoms with Crippen LogP contribution in [0.5, 0.6) is 0 Å². The minimum absolute atomic E-state index is 0.127. The molecule has 1 saturated heterocycles. The van der Waals surface area contributed by atoms with Crippen molar-refractivity contribution in [3.63, 3.8) is 0 Å². The van der Waals surface area contributed by atoms with Crippen LogP contribution < -0.4 is 0 Å². The van der Waals surface area contributed by atoms with Crippen LogP contribution in [-0.2, 0) is 10.0 Å². The van der Waals surface area contributed by atoms with Crippen LogP contribution in [-0.4, -0.2) is 59.7 Å². The summed E-state index contributed by atoms with van der Waals surface area (Å²) < 4.78 is 28.0. The number of sulfonamides is 1. The molecule has 0 saturated carbocycles. The van der Waals surface area contributed by atoms with E-state index in [2.05, 4.69) is 4.98 Å². The molecular formula is C27H26N4O3S. The van der Waals surface area contributed by atoms with Gasteiger partial charge in [0.2, 0.25) is 10.0 Å². The maximum absolute atomic E-state index is 13.6. The van der Waals surface area contributed by atoms with Crippen molar-refractivity contribution in [1.29, 1.82) is 0 Å². The zero-order chi connectivity index (χ0) is 24.6. The molecular weight excluding hydrogens is 460 g/mol. The number of benzene rings is 2. The number of hydrogen-bond donors (Lipinski definition) is 0. The van der Waals surface area contributed by atoms with Crippen molar-refractivity contribution < 1.29 is 13.2 Å². The lowest BCUT2D eigenvalue weighted by Gasteiger charge is -2.34. The van der Waals surface area contributed by atoms with Crippen LogP contribution >= 0.6 is 0 Å². The number of hydrogen-bond acceptors (Lipinski definition) is 5. The van der Waals surface area contributed by atoms with E-state index in [1.807, 2.05) is 62.4 Å². The third-order valence-corrected chi connectivity index (χ3v) is 8.44. The van der Waals surface area contributed by atoms with Gasteiger partial charge in [-0.05, 0) is 49.7 Å². The van der Waals surface area contributed by atoms with Crippen molar-refractivity contribution in [2.75, 3.05) is 26.2 Å². The fraction of sp³-hybridized carbons (Fsp3) is 0.222. The Morgan fingerprint density at radius 2 is 1.69 bits per heavy atom. The average Bonchev–Trinajstić information content (AvgIpc) is 2.88. The first-order chi connectivity index (χ1) is 16.8. The summed E-state index contributed by atoms with van der Waals surface area (Å²) in [5, 5.41) is 0.774. The SMILES string of the molecule is Cc1ccc(S(=O)(=O)N2CCN(C(=O)c3cc(-c4cccnc4)nc4ccccc34)CC2)c(C)c1. The Kier molecular flexibility index (Phi) is 6.08. The third-order valence-electron chi connectivity index (χ3n) is 6.38. The molecule has 0 atom stereocenters. The van der Waals surface area contributed by atoms with Crippen molar-refractivity contribution in [3.8, 4) is 11.3 Å². The molecule has 0 unspecified atom stereocenters. The Morgan fingerprint density at radius 1 is 0.914 bits per heavy atom. The van der Waals surface area contributed by atoms with Gasteiger partial charge in [-0.15, -0.1) is 0 Å². The first kappa shape index (κ1) is 23.1. The van der Waals surface area contributed by atoms with Gasteiger partial charge in [0.25, 0.3) is 5.91 Å². The van der Waals surface area contributed by atoms with E-state index < -0.39 is 10.0 Å². The summed E-state index contributed by atoms with van der Waals surface area (Å²) in [6.07, 6.45) is 3.42. The third kappa shape index (κ3) is 4.42. The first-order valence-corrected chi connectivity index (χ1v) is 13.0. The van der Waals surface area contributed by atoms with E-state index in [0.29, 0.717) is 29.2 Å². The van der Waals surface area contributed by atoms with Crippen molar-refractivity contribution in [3.05, 3.63) is 89.7 Å². The maximum atomic E-state index is 13.6. The summed E-state index contributed by atoms with van der Waals surface area (Å²) in [7, 11) is -3.62. The number of carbonyl (C=O) groups is 1. The van der Waals surface area contributed by atoms with Crippen LogP contribution in [0, 0.1) is 13.8 Å². The summed E-state index contributed by atoms with van der Waals surface area (Å²) in [5.41, 5.74) is 4.54. The molecule has 3 heterocycles. The van der Waals surface area contributed by atoms with Crippen molar-refractivity contribution in [1.82, 2.24) is 19.2 Å².